The molecule has 6 heteroatoms. The summed E-state index contributed by atoms with van der Waals surface area (Å²) in [5.74, 6) is 0.640. The smallest absolute Gasteiger partial charge is 0.240 e. The standard InChI is InChI=1S/C12H18BrNO3S/c1-3-10(8-9-13)14-18(15,16)12-6-4-11(17-2)5-7-12/h4-7,10,14H,3,8-9H2,1-2H3. The van der Waals surface area contributed by atoms with Crippen LogP contribution in [0.15, 0.2) is 29.2 Å². The fraction of sp³-hybridized carbons (Fsp3) is 0.500. The van der Waals surface area contributed by atoms with Gasteiger partial charge in [-0.05, 0) is 37.1 Å². The molecule has 102 valence electrons. The zero-order valence-corrected chi connectivity index (χ0v) is 12.9. The van der Waals surface area contributed by atoms with Gasteiger partial charge in [0.25, 0.3) is 0 Å². The molecular formula is C12H18BrNO3S. The SMILES string of the molecule is CCC(CCBr)NS(=O)(=O)c1ccc(OC)cc1. The Morgan fingerprint density at radius 2 is 1.94 bits per heavy atom. The number of ether oxygens (including phenoxy) is 1. The molecule has 0 amide bonds. The largest absolute Gasteiger partial charge is 0.497 e. The summed E-state index contributed by atoms with van der Waals surface area (Å²) in [5, 5.41) is 0.774. The molecule has 0 saturated heterocycles. The summed E-state index contributed by atoms with van der Waals surface area (Å²) in [6.07, 6.45) is 1.53. The van der Waals surface area contributed by atoms with Crippen LogP contribution in [0.3, 0.4) is 0 Å². The van der Waals surface area contributed by atoms with Crippen molar-refractivity contribution in [3.05, 3.63) is 24.3 Å². The van der Waals surface area contributed by atoms with Gasteiger partial charge in [0, 0.05) is 11.4 Å². The quantitative estimate of drug-likeness (QED) is 0.779. The highest BCUT2D eigenvalue weighted by atomic mass is 79.9. The van der Waals surface area contributed by atoms with Crippen LogP contribution in [0.25, 0.3) is 0 Å². The Hall–Kier alpha value is -0.590. The third kappa shape index (κ3) is 4.26. The van der Waals surface area contributed by atoms with Crippen LogP contribution in [0.4, 0.5) is 0 Å². The summed E-state index contributed by atoms with van der Waals surface area (Å²) in [4.78, 5) is 0.260. The van der Waals surface area contributed by atoms with Gasteiger partial charge < -0.3 is 4.74 Å². The van der Waals surface area contributed by atoms with Crippen molar-refractivity contribution >= 4 is 26.0 Å². The highest BCUT2D eigenvalue weighted by molar-refractivity contribution is 9.09. The molecule has 1 aromatic rings. The van der Waals surface area contributed by atoms with Gasteiger partial charge in [-0.2, -0.15) is 0 Å². The zero-order valence-electron chi connectivity index (χ0n) is 10.5. The molecule has 0 spiro atoms. The summed E-state index contributed by atoms with van der Waals surface area (Å²) >= 11 is 3.32. The average molecular weight is 336 g/mol. The molecule has 0 aliphatic rings. The highest BCUT2D eigenvalue weighted by Crippen LogP contribution is 2.16. The van der Waals surface area contributed by atoms with Gasteiger partial charge in [-0.15, -0.1) is 0 Å². The summed E-state index contributed by atoms with van der Waals surface area (Å²) in [7, 11) is -1.90. The Bertz CT molecular complexity index is 459. The lowest BCUT2D eigenvalue weighted by molar-refractivity contribution is 0.414. The van der Waals surface area contributed by atoms with E-state index in [1.165, 1.54) is 0 Å². The van der Waals surface area contributed by atoms with E-state index in [0.29, 0.717) is 5.75 Å². The minimum atomic E-state index is -3.45. The highest BCUT2D eigenvalue weighted by Gasteiger charge is 2.18. The summed E-state index contributed by atoms with van der Waals surface area (Å²) in [6.45, 7) is 1.96. The molecule has 1 atom stereocenters. The molecule has 0 radical (unpaired) electrons. The Kier molecular flexibility index (Phi) is 6.11. The number of halogens is 1. The van der Waals surface area contributed by atoms with Crippen LogP contribution in [-0.2, 0) is 10.0 Å². The van der Waals surface area contributed by atoms with Crippen molar-refractivity contribution in [1.82, 2.24) is 4.72 Å². The molecule has 0 aliphatic carbocycles. The predicted molar refractivity (Wildman–Crippen MR) is 75.8 cm³/mol. The van der Waals surface area contributed by atoms with E-state index in [-0.39, 0.29) is 10.9 Å². The van der Waals surface area contributed by atoms with E-state index in [9.17, 15) is 8.42 Å². The van der Waals surface area contributed by atoms with Crippen LogP contribution in [0, 0.1) is 0 Å². The molecule has 0 bridgehead atoms. The number of hydrogen-bond donors (Lipinski definition) is 1. The number of nitrogens with one attached hydrogen (secondary N) is 1. The monoisotopic (exact) mass is 335 g/mol. The number of hydrogen-bond acceptors (Lipinski definition) is 3. The zero-order chi connectivity index (χ0) is 13.6. The second-order valence-corrected chi connectivity index (χ2v) is 6.39. The molecular weight excluding hydrogens is 318 g/mol. The van der Waals surface area contributed by atoms with Crippen molar-refractivity contribution < 1.29 is 13.2 Å². The minimum Gasteiger partial charge on any atom is -0.497 e. The first-order chi connectivity index (χ1) is 8.53. The topological polar surface area (TPSA) is 55.4 Å². The van der Waals surface area contributed by atoms with Crippen molar-refractivity contribution in [3.63, 3.8) is 0 Å². The maximum atomic E-state index is 12.1. The van der Waals surface area contributed by atoms with Gasteiger partial charge in [-0.25, -0.2) is 13.1 Å². The van der Waals surface area contributed by atoms with Crippen molar-refractivity contribution in [1.29, 1.82) is 0 Å². The molecule has 0 saturated carbocycles. The Balaban J connectivity index is 2.84. The van der Waals surface area contributed by atoms with Crippen LogP contribution < -0.4 is 9.46 Å². The molecule has 0 heterocycles. The van der Waals surface area contributed by atoms with Crippen molar-refractivity contribution in [2.45, 2.75) is 30.7 Å². The van der Waals surface area contributed by atoms with Gasteiger partial charge in [0.1, 0.15) is 5.75 Å². The molecule has 1 unspecified atom stereocenters. The van der Waals surface area contributed by atoms with Gasteiger partial charge >= 0.3 is 0 Å². The van der Waals surface area contributed by atoms with Crippen LogP contribution >= 0.6 is 15.9 Å². The molecule has 0 aromatic heterocycles. The van der Waals surface area contributed by atoms with Gasteiger partial charge in [-0.3, -0.25) is 0 Å². The second-order valence-electron chi connectivity index (χ2n) is 3.88. The van der Waals surface area contributed by atoms with Crippen molar-refractivity contribution in [2.75, 3.05) is 12.4 Å². The van der Waals surface area contributed by atoms with Crippen molar-refractivity contribution in [2.24, 2.45) is 0 Å². The first-order valence-corrected chi connectivity index (χ1v) is 8.36. The molecule has 0 fully saturated rings. The van der Waals surface area contributed by atoms with E-state index in [4.69, 9.17) is 4.74 Å². The van der Waals surface area contributed by atoms with Crippen molar-refractivity contribution in [3.8, 4) is 5.75 Å². The first-order valence-electron chi connectivity index (χ1n) is 5.75. The van der Waals surface area contributed by atoms with Crippen LogP contribution in [0.2, 0.25) is 0 Å². The second kappa shape index (κ2) is 7.11. The number of benzene rings is 1. The van der Waals surface area contributed by atoms with Gasteiger partial charge in [0.2, 0.25) is 10.0 Å². The van der Waals surface area contributed by atoms with Crippen LogP contribution in [-0.4, -0.2) is 26.9 Å². The summed E-state index contributed by atoms with van der Waals surface area (Å²) in [6, 6.07) is 6.32. The van der Waals surface area contributed by atoms with Gasteiger partial charge in [0.05, 0.1) is 12.0 Å². The summed E-state index contributed by atoms with van der Waals surface area (Å²) in [5.41, 5.74) is 0. The third-order valence-electron chi connectivity index (χ3n) is 2.64. The van der Waals surface area contributed by atoms with E-state index < -0.39 is 10.0 Å². The maximum absolute atomic E-state index is 12.1. The van der Waals surface area contributed by atoms with Crippen LogP contribution in [0.5, 0.6) is 5.75 Å². The lowest BCUT2D eigenvalue weighted by Gasteiger charge is -2.16. The molecule has 1 N–H and O–H groups in total. The van der Waals surface area contributed by atoms with E-state index >= 15 is 0 Å². The molecule has 1 aromatic carbocycles. The van der Waals surface area contributed by atoms with Gasteiger partial charge in [-0.1, -0.05) is 22.9 Å². The predicted octanol–water partition coefficient (Wildman–Crippen LogP) is 2.54. The lowest BCUT2D eigenvalue weighted by atomic mass is 10.2. The number of rotatable bonds is 7. The number of methoxy groups -OCH3 is 1. The van der Waals surface area contributed by atoms with E-state index in [1.54, 1.807) is 31.4 Å². The van der Waals surface area contributed by atoms with E-state index in [2.05, 4.69) is 20.7 Å². The van der Waals surface area contributed by atoms with E-state index in [0.717, 1.165) is 18.2 Å². The van der Waals surface area contributed by atoms with E-state index in [1.807, 2.05) is 6.92 Å². The number of sulfonamides is 1. The molecule has 0 aliphatic heterocycles. The van der Waals surface area contributed by atoms with Crippen LogP contribution in [0.1, 0.15) is 19.8 Å². The molecule has 4 nitrogen and oxygen atoms in total. The fourth-order valence-corrected chi connectivity index (χ4v) is 3.43. The normalized spacial score (nSPS) is 13.3. The Morgan fingerprint density at radius 3 is 2.39 bits per heavy atom. The summed E-state index contributed by atoms with van der Waals surface area (Å²) < 4.78 is 31.9. The maximum Gasteiger partial charge on any atom is 0.240 e. The Labute approximate surface area is 117 Å². The molecule has 18 heavy (non-hydrogen) atoms. The van der Waals surface area contributed by atoms with Gasteiger partial charge in [0.15, 0.2) is 0 Å². The minimum absolute atomic E-state index is 0.0449. The molecule has 1 rings (SSSR count). The average Bonchev–Trinajstić information content (AvgIpc) is 2.38. The Morgan fingerprint density at radius 1 is 1.33 bits per heavy atom. The first kappa shape index (κ1) is 15.5. The lowest BCUT2D eigenvalue weighted by Crippen LogP contribution is -2.34. The fourth-order valence-electron chi connectivity index (χ4n) is 1.52. The third-order valence-corrected chi connectivity index (χ3v) is 4.64. The number of alkyl halides is 1.